The van der Waals surface area contributed by atoms with Crippen molar-refractivity contribution in [2.45, 2.75) is 32.3 Å². The van der Waals surface area contributed by atoms with Gasteiger partial charge in [-0.3, -0.25) is 0 Å². The molecular formula is C14H21NO2. The van der Waals surface area contributed by atoms with E-state index in [0.29, 0.717) is 12.7 Å². The molecule has 1 aliphatic heterocycles. The molecule has 0 spiro atoms. The summed E-state index contributed by atoms with van der Waals surface area (Å²) in [6, 6.07) is 8.62. The van der Waals surface area contributed by atoms with Crippen LogP contribution in [0.25, 0.3) is 0 Å². The van der Waals surface area contributed by atoms with Crippen LogP contribution in [0.1, 0.15) is 31.7 Å². The highest BCUT2D eigenvalue weighted by Gasteiger charge is 2.13. The monoisotopic (exact) mass is 235 g/mol. The van der Waals surface area contributed by atoms with Crippen LogP contribution in [0.4, 0.5) is 5.69 Å². The van der Waals surface area contributed by atoms with Crippen molar-refractivity contribution < 1.29 is 9.47 Å². The van der Waals surface area contributed by atoms with Gasteiger partial charge in [0.25, 0.3) is 0 Å². The average molecular weight is 235 g/mol. The molecule has 1 aliphatic rings. The van der Waals surface area contributed by atoms with Crippen LogP contribution < -0.4 is 5.32 Å². The minimum atomic E-state index is 0.272. The second kappa shape index (κ2) is 6.03. The highest BCUT2D eigenvalue weighted by atomic mass is 16.7. The van der Waals surface area contributed by atoms with E-state index in [1.807, 2.05) is 0 Å². The predicted molar refractivity (Wildman–Crippen MR) is 69.3 cm³/mol. The lowest BCUT2D eigenvalue weighted by atomic mass is 10.0. The van der Waals surface area contributed by atoms with Crippen molar-refractivity contribution in [2.24, 2.45) is 0 Å². The molecule has 1 heterocycles. The zero-order valence-corrected chi connectivity index (χ0v) is 10.6. The molecule has 1 N–H and O–H groups in total. The van der Waals surface area contributed by atoms with Gasteiger partial charge in [-0.2, -0.15) is 0 Å². The molecule has 1 aromatic rings. The maximum atomic E-state index is 5.48. The molecule has 1 saturated heterocycles. The van der Waals surface area contributed by atoms with Crippen molar-refractivity contribution in [3.05, 3.63) is 29.8 Å². The summed E-state index contributed by atoms with van der Waals surface area (Å²) in [4.78, 5) is 0. The van der Waals surface area contributed by atoms with Gasteiger partial charge < -0.3 is 14.8 Å². The Morgan fingerprint density at radius 1 is 1.29 bits per heavy atom. The molecule has 0 aromatic heterocycles. The van der Waals surface area contributed by atoms with Gasteiger partial charge in [0.2, 0.25) is 0 Å². The van der Waals surface area contributed by atoms with Crippen molar-refractivity contribution in [3.63, 3.8) is 0 Å². The first kappa shape index (κ1) is 12.4. The standard InChI is InChI=1S/C14H21NO2/c1-11(2)12-3-5-13(6-4-12)15-9-14-7-8-16-10-17-14/h3-6,11,14-15H,7-10H2,1-2H3. The zero-order chi connectivity index (χ0) is 12.1. The van der Waals surface area contributed by atoms with Gasteiger partial charge in [0, 0.05) is 12.2 Å². The Morgan fingerprint density at radius 3 is 2.65 bits per heavy atom. The molecule has 94 valence electrons. The Morgan fingerprint density at radius 2 is 2.06 bits per heavy atom. The van der Waals surface area contributed by atoms with Crippen LogP contribution in [0.5, 0.6) is 0 Å². The Balaban J connectivity index is 1.82. The number of hydrogen-bond acceptors (Lipinski definition) is 3. The van der Waals surface area contributed by atoms with Crippen molar-refractivity contribution >= 4 is 5.69 Å². The summed E-state index contributed by atoms with van der Waals surface area (Å²) >= 11 is 0. The molecule has 0 aliphatic carbocycles. The highest BCUT2D eigenvalue weighted by Crippen LogP contribution is 2.17. The third-order valence-electron chi connectivity index (χ3n) is 3.08. The number of benzene rings is 1. The first-order valence-electron chi connectivity index (χ1n) is 6.29. The quantitative estimate of drug-likeness (QED) is 0.870. The second-order valence-electron chi connectivity index (χ2n) is 4.76. The molecule has 1 fully saturated rings. The summed E-state index contributed by atoms with van der Waals surface area (Å²) in [5, 5.41) is 3.40. The molecule has 17 heavy (non-hydrogen) atoms. The molecule has 1 aromatic carbocycles. The first-order valence-corrected chi connectivity index (χ1v) is 6.29. The molecular weight excluding hydrogens is 214 g/mol. The lowest BCUT2D eigenvalue weighted by Gasteiger charge is -2.23. The van der Waals surface area contributed by atoms with E-state index >= 15 is 0 Å². The van der Waals surface area contributed by atoms with E-state index in [2.05, 4.69) is 43.4 Å². The van der Waals surface area contributed by atoms with E-state index in [1.54, 1.807) is 0 Å². The maximum absolute atomic E-state index is 5.48. The van der Waals surface area contributed by atoms with Crippen LogP contribution in [0.2, 0.25) is 0 Å². The van der Waals surface area contributed by atoms with Gasteiger partial charge in [-0.15, -0.1) is 0 Å². The largest absolute Gasteiger partial charge is 0.382 e. The Bertz CT molecular complexity index is 329. The molecule has 1 unspecified atom stereocenters. The third kappa shape index (κ3) is 3.72. The highest BCUT2D eigenvalue weighted by molar-refractivity contribution is 5.45. The van der Waals surface area contributed by atoms with Crippen LogP contribution in [0, 0.1) is 0 Å². The van der Waals surface area contributed by atoms with Crippen LogP contribution >= 0.6 is 0 Å². The van der Waals surface area contributed by atoms with E-state index in [9.17, 15) is 0 Å². The number of nitrogens with one attached hydrogen (secondary N) is 1. The van der Waals surface area contributed by atoms with E-state index < -0.39 is 0 Å². The lowest BCUT2D eigenvalue weighted by Crippen LogP contribution is -2.30. The molecule has 3 nitrogen and oxygen atoms in total. The summed E-state index contributed by atoms with van der Waals surface area (Å²) in [7, 11) is 0. The van der Waals surface area contributed by atoms with Gasteiger partial charge >= 0.3 is 0 Å². The van der Waals surface area contributed by atoms with Crippen LogP contribution in [-0.2, 0) is 9.47 Å². The number of ether oxygens (including phenoxy) is 2. The van der Waals surface area contributed by atoms with E-state index in [0.717, 1.165) is 25.3 Å². The topological polar surface area (TPSA) is 30.5 Å². The average Bonchev–Trinajstić information content (AvgIpc) is 2.38. The maximum Gasteiger partial charge on any atom is 0.147 e. The SMILES string of the molecule is CC(C)c1ccc(NCC2CCOCO2)cc1. The van der Waals surface area contributed by atoms with Crippen molar-refractivity contribution in [2.75, 3.05) is 25.3 Å². The fourth-order valence-electron chi connectivity index (χ4n) is 1.88. The Kier molecular flexibility index (Phi) is 4.40. The number of rotatable bonds is 4. The minimum Gasteiger partial charge on any atom is -0.382 e. The molecule has 0 radical (unpaired) electrons. The molecule has 3 heteroatoms. The molecule has 0 bridgehead atoms. The number of anilines is 1. The fourth-order valence-corrected chi connectivity index (χ4v) is 1.88. The van der Waals surface area contributed by atoms with Crippen LogP contribution in [0.3, 0.4) is 0 Å². The van der Waals surface area contributed by atoms with Crippen LogP contribution in [-0.4, -0.2) is 26.0 Å². The van der Waals surface area contributed by atoms with Gasteiger partial charge in [0.1, 0.15) is 6.79 Å². The Hall–Kier alpha value is -1.06. The normalized spacial score (nSPS) is 20.5. The van der Waals surface area contributed by atoms with Gasteiger partial charge in [-0.1, -0.05) is 26.0 Å². The Labute approximate surface area is 103 Å². The summed E-state index contributed by atoms with van der Waals surface area (Å²) in [6.07, 6.45) is 1.24. The van der Waals surface area contributed by atoms with Crippen molar-refractivity contribution in [3.8, 4) is 0 Å². The summed E-state index contributed by atoms with van der Waals surface area (Å²) in [6.45, 7) is 6.50. The zero-order valence-electron chi connectivity index (χ0n) is 10.6. The minimum absolute atomic E-state index is 0.272. The van der Waals surface area contributed by atoms with Crippen LogP contribution in [0.15, 0.2) is 24.3 Å². The summed E-state index contributed by atoms with van der Waals surface area (Å²) in [5.74, 6) is 0.586. The predicted octanol–water partition coefficient (Wildman–Crippen LogP) is 2.98. The van der Waals surface area contributed by atoms with Gasteiger partial charge in [0.15, 0.2) is 0 Å². The summed E-state index contributed by atoms with van der Waals surface area (Å²) in [5.41, 5.74) is 2.53. The van der Waals surface area contributed by atoms with Crippen molar-refractivity contribution in [1.29, 1.82) is 0 Å². The summed E-state index contributed by atoms with van der Waals surface area (Å²) < 4.78 is 10.6. The lowest BCUT2D eigenvalue weighted by molar-refractivity contribution is -0.133. The van der Waals surface area contributed by atoms with E-state index in [4.69, 9.17) is 9.47 Å². The molecule has 0 amide bonds. The van der Waals surface area contributed by atoms with E-state index in [1.165, 1.54) is 5.56 Å². The van der Waals surface area contributed by atoms with Crippen molar-refractivity contribution in [1.82, 2.24) is 0 Å². The number of hydrogen-bond donors (Lipinski definition) is 1. The molecule has 0 saturated carbocycles. The molecule has 1 atom stereocenters. The van der Waals surface area contributed by atoms with Gasteiger partial charge in [-0.05, 0) is 30.0 Å². The van der Waals surface area contributed by atoms with Gasteiger partial charge in [0.05, 0.1) is 12.7 Å². The first-order chi connectivity index (χ1) is 8.25. The third-order valence-corrected chi connectivity index (χ3v) is 3.08. The second-order valence-corrected chi connectivity index (χ2v) is 4.76. The smallest absolute Gasteiger partial charge is 0.147 e. The fraction of sp³-hybridized carbons (Fsp3) is 0.571. The van der Waals surface area contributed by atoms with Gasteiger partial charge in [-0.25, -0.2) is 0 Å². The van der Waals surface area contributed by atoms with E-state index in [-0.39, 0.29) is 6.10 Å². The molecule has 2 rings (SSSR count).